The molecule has 0 bridgehead atoms. The number of phenols is 1. The van der Waals surface area contributed by atoms with Gasteiger partial charge in [-0.15, -0.1) is 0 Å². The lowest BCUT2D eigenvalue weighted by Gasteiger charge is -2.25. The molecule has 0 saturated heterocycles. The molecule has 0 unspecified atom stereocenters. The minimum absolute atomic E-state index is 0.0292. The third-order valence-corrected chi connectivity index (χ3v) is 4.06. The Morgan fingerprint density at radius 1 is 1.20 bits per heavy atom. The molecule has 0 aliphatic heterocycles. The molecule has 5 nitrogen and oxygen atoms in total. The summed E-state index contributed by atoms with van der Waals surface area (Å²) in [5.41, 5.74) is 0.345. The molecular weight excluding hydrogens is 388 g/mol. The van der Waals surface area contributed by atoms with Crippen molar-refractivity contribution in [2.45, 2.75) is 25.0 Å². The van der Waals surface area contributed by atoms with Crippen LogP contribution in [0.5, 0.6) is 11.5 Å². The number of aliphatic hydroxyl groups is 1. The predicted molar refractivity (Wildman–Crippen MR) is 97.6 cm³/mol. The molecule has 0 heterocycles. The summed E-state index contributed by atoms with van der Waals surface area (Å²) in [7, 11) is 0. The molecule has 2 rings (SSSR count). The normalized spacial score (nSPS) is 13.5. The number of hydrogen-bond donors (Lipinski definition) is 3. The van der Waals surface area contributed by atoms with E-state index in [1.54, 1.807) is 24.3 Å². The van der Waals surface area contributed by atoms with E-state index in [1.807, 2.05) is 18.2 Å². The molecule has 0 fully saturated rings. The standard InChI is InChI=1S/C19H19BrO5/c20-13-10-11-16(21)15(12-13)19(24)17(8-4-5-9-18(22)23)25-14-6-2-1-3-7-14/h1-3,5-7,9-12,17,19,21,24H,4,8H2,(H,22,23)/b9-5+/t17-,19-/m1/s1. The SMILES string of the molecule is O=C(O)/C=C/CC[C@@H](Oc1ccccc1)[C@H](O)c1cc(Br)ccc1O. The first-order valence-electron chi connectivity index (χ1n) is 7.75. The molecule has 2 atom stereocenters. The van der Waals surface area contributed by atoms with Crippen molar-refractivity contribution in [3.8, 4) is 11.5 Å². The fraction of sp³-hybridized carbons (Fsp3) is 0.211. The Labute approximate surface area is 154 Å². The molecule has 0 radical (unpaired) electrons. The van der Waals surface area contributed by atoms with Crippen LogP contribution in [0.1, 0.15) is 24.5 Å². The highest BCUT2D eigenvalue weighted by atomic mass is 79.9. The number of benzene rings is 2. The number of carboxylic acid groups (broad SMARTS) is 1. The van der Waals surface area contributed by atoms with Crippen LogP contribution in [-0.2, 0) is 4.79 Å². The molecule has 3 N–H and O–H groups in total. The number of carbonyl (C=O) groups is 1. The summed E-state index contributed by atoms with van der Waals surface area (Å²) in [6, 6.07) is 13.8. The van der Waals surface area contributed by atoms with Gasteiger partial charge >= 0.3 is 5.97 Å². The average Bonchev–Trinajstić information content (AvgIpc) is 2.60. The molecule has 6 heteroatoms. The zero-order chi connectivity index (χ0) is 18.2. The van der Waals surface area contributed by atoms with Gasteiger partial charge < -0.3 is 20.1 Å². The molecule has 0 spiro atoms. The zero-order valence-electron chi connectivity index (χ0n) is 13.4. The Bertz CT molecular complexity index is 730. The quantitative estimate of drug-likeness (QED) is 0.575. The van der Waals surface area contributed by atoms with Crippen LogP contribution in [0.25, 0.3) is 0 Å². The number of phenolic OH excluding ortho intramolecular Hbond substituents is 1. The summed E-state index contributed by atoms with van der Waals surface area (Å²) in [6.45, 7) is 0. The zero-order valence-corrected chi connectivity index (χ0v) is 15.0. The van der Waals surface area contributed by atoms with E-state index in [9.17, 15) is 15.0 Å². The molecule has 0 saturated carbocycles. The number of aliphatic carboxylic acids is 1. The van der Waals surface area contributed by atoms with Gasteiger partial charge in [0.1, 0.15) is 23.7 Å². The summed E-state index contributed by atoms with van der Waals surface area (Å²) < 4.78 is 6.60. The molecule has 2 aromatic rings. The van der Waals surface area contributed by atoms with Crippen molar-refractivity contribution in [1.82, 2.24) is 0 Å². The van der Waals surface area contributed by atoms with Crippen LogP contribution < -0.4 is 4.74 Å². The number of carboxylic acids is 1. The van der Waals surface area contributed by atoms with Crippen molar-refractivity contribution in [3.05, 3.63) is 70.7 Å². The topological polar surface area (TPSA) is 87.0 Å². The lowest BCUT2D eigenvalue weighted by Crippen LogP contribution is -2.25. The third kappa shape index (κ3) is 5.92. The summed E-state index contributed by atoms with van der Waals surface area (Å²) in [5, 5.41) is 29.4. The number of para-hydroxylation sites is 1. The van der Waals surface area contributed by atoms with Gasteiger partial charge in [0.15, 0.2) is 0 Å². The number of hydrogen-bond acceptors (Lipinski definition) is 4. The summed E-state index contributed by atoms with van der Waals surface area (Å²) in [6.07, 6.45) is 1.64. The number of aliphatic hydroxyl groups excluding tert-OH is 1. The van der Waals surface area contributed by atoms with Gasteiger partial charge in [0.2, 0.25) is 0 Å². The Hall–Kier alpha value is -2.31. The van der Waals surface area contributed by atoms with Gasteiger partial charge in [0, 0.05) is 16.1 Å². The first-order valence-corrected chi connectivity index (χ1v) is 8.54. The second kappa shape index (κ2) is 9.25. The van der Waals surface area contributed by atoms with Crippen LogP contribution >= 0.6 is 15.9 Å². The van der Waals surface area contributed by atoms with E-state index in [0.29, 0.717) is 24.2 Å². The van der Waals surface area contributed by atoms with Gasteiger partial charge in [-0.1, -0.05) is 40.2 Å². The van der Waals surface area contributed by atoms with Gasteiger partial charge in [-0.3, -0.25) is 0 Å². The molecule has 0 amide bonds. The highest BCUT2D eigenvalue weighted by Crippen LogP contribution is 2.32. The largest absolute Gasteiger partial charge is 0.508 e. The van der Waals surface area contributed by atoms with Crippen LogP contribution in [0.15, 0.2) is 65.2 Å². The predicted octanol–water partition coefficient (Wildman–Crippen LogP) is 4.06. The van der Waals surface area contributed by atoms with Crippen molar-refractivity contribution in [2.75, 3.05) is 0 Å². The van der Waals surface area contributed by atoms with E-state index in [2.05, 4.69) is 15.9 Å². The number of allylic oxidation sites excluding steroid dienone is 1. The van der Waals surface area contributed by atoms with E-state index >= 15 is 0 Å². The van der Waals surface area contributed by atoms with Crippen LogP contribution in [0.2, 0.25) is 0 Å². The fourth-order valence-corrected chi connectivity index (χ4v) is 2.74. The fourth-order valence-electron chi connectivity index (χ4n) is 2.36. The maximum atomic E-state index is 10.7. The number of halogens is 1. The monoisotopic (exact) mass is 406 g/mol. The summed E-state index contributed by atoms with van der Waals surface area (Å²) in [5.74, 6) is -0.465. The lowest BCUT2D eigenvalue weighted by atomic mass is 9.99. The Morgan fingerprint density at radius 3 is 2.60 bits per heavy atom. The molecule has 0 aliphatic carbocycles. The molecule has 0 aliphatic rings. The number of aromatic hydroxyl groups is 1. The number of rotatable bonds is 8. The van der Waals surface area contributed by atoms with Gasteiger partial charge in [-0.2, -0.15) is 0 Å². The van der Waals surface area contributed by atoms with E-state index in [4.69, 9.17) is 9.84 Å². The lowest BCUT2D eigenvalue weighted by molar-refractivity contribution is -0.131. The van der Waals surface area contributed by atoms with Gasteiger partial charge in [0.25, 0.3) is 0 Å². The van der Waals surface area contributed by atoms with E-state index < -0.39 is 18.2 Å². The maximum Gasteiger partial charge on any atom is 0.327 e. The van der Waals surface area contributed by atoms with E-state index in [0.717, 1.165) is 10.5 Å². The second-order valence-electron chi connectivity index (χ2n) is 5.44. The smallest absolute Gasteiger partial charge is 0.327 e. The first kappa shape index (κ1) is 19.0. The third-order valence-electron chi connectivity index (χ3n) is 3.57. The van der Waals surface area contributed by atoms with Crippen molar-refractivity contribution >= 4 is 21.9 Å². The van der Waals surface area contributed by atoms with Crippen LogP contribution in [0.3, 0.4) is 0 Å². The van der Waals surface area contributed by atoms with Crippen molar-refractivity contribution in [3.63, 3.8) is 0 Å². The van der Waals surface area contributed by atoms with Crippen molar-refractivity contribution in [1.29, 1.82) is 0 Å². The average molecular weight is 407 g/mol. The van der Waals surface area contributed by atoms with Crippen molar-refractivity contribution < 1.29 is 24.9 Å². The summed E-state index contributed by atoms with van der Waals surface area (Å²) in [4.78, 5) is 10.6. The highest BCUT2D eigenvalue weighted by Gasteiger charge is 2.25. The van der Waals surface area contributed by atoms with E-state index in [-0.39, 0.29) is 5.75 Å². The Balaban J connectivity index is 2.19. The van der Waals surface area contributed by atoms with Crippen LogP contribution in [0, 0.1) is 0 Å². The van der Waals surface area contributed by atoms with Gasteiger partial charge in [-0.25, -0.2) is 4.79 Å². The maximum absolute atomic E-state index is 10.7. The van der Waals surface area contributed by atoms with Gasteiger partial charge in [0.05, 0.1) is 0 Å². The molecular formula is C19H19BrO5. The Kier molecular flexibility index (Phi) is 7.03. The summed E-state index contributed by atoms with van der Waals surface area (Å²) >= 11 is 3.32. The molecule has 132 valence electrons. The van der Waals surface area contributed by atoms with Crippen LogP contribution in [-0.4, -0.2) is 27.4 Å². The van der Waals surface area contributed by atoms with Crippen LogP contribution in [0.4, 0.5) is 0 Å². The van der Waals surface area contributed by atoms with Gasteiger partial charge in [-0.05, 0) is 43.2 Å². The Morgan fingerprint density at radius 2 is 1.92 bits per heavy atom. The molecule has 2 aromatic carbocycles. The molecule has 0 aromatic heterocycles. The van der Waals surface area contributed by atoms with E-state index in [1.165, 1.54) is 12.1 Å². The highest BCUT2D eigenvalue weighted by molar-refractivity contribution is 9.10. The van der Waals surface area contributed by atoms with Crippen molar-refractivity contribution in [2.24, 2.45) is 0 Å². The first-order chi connectivity index (χ1) is 12.0. The number of ether oxygens (including phenoxy) is 1. The second-order valence-corrected chi connectivity index (χ2v) is 6.35. The minimum atomic E-state index is -1.07. The molecule has 25 heavy (non-hydrogen) atoms. The minimum Gasteiger partial charge on any atom is -0.508 e.